The Kier molecular flexibility index (Phi) is 13.5. The van der Waals surface area contributed by atoms with Gasteiger partial charge < -0.3 is 30.1 Å². The summed E-state index contributed by atoms with van der Waals surface area (Å²) in [6, 6.07) is 10.8. The fraction of sp³-hybridized carbons (Fsp3) is 0.531. The van der Waals surface area contributed by atoms with Crippen molar-refractivity contribution in [2.24, 2.45) is 5.92 Å². The normalized spacial score (nSPS) is 13.5. The van der Waals surface area contributed by atoms with E-state index >= 15 is 0 Å². The van der Waals surface area contributed by atoms with Crippen LogP contribution in [0.2, 0.25) is 0 Å². The van der Waals surface area contributed by atoms with Gasteiger partial charge in [-0.2, -0.15) is 11.8 Å². The Bertz CT molecular complexity index is 1170. The molecule has 0 heterocycles. The van der Waals surface area contributed by atoms with Crippen molar-refractivity contribution in [1.29, 1.82) is 0 Å². The van der Waals surface area contributed by atoms with Crippen LogP contribution in [0.1, 0.15) is 72.4 Å². The fourth-order valence-corrected chi connectivity index (χ4v) is 4.93. The molecule has 2 aromatic rings. The van der Waals surface area contributed by atoms with E-state index in [1.54, 1.807) is 82.1 Å². The number of carbonyl (C=O) groups excluding carboxylic acids is 3. The van der Waals surface area contributed by atoms with Crippen molar-refractivity contribution >= 4 is 35.4 Å². The molecule has 3 N–H and O–H groups in total. The number of nitrogens with zero attached hydrogens (tertiary/aromatic N) is 1. The van der Waals surface area contributed by atoms with Gasteiger partial charge in [0.25, 0.3) is 5.91 Å². The molecule has 0 aliphatic rings. The zero-order valence-electron chi connectivity index (χ0n) is 26.1. The van der Waals surface area contributed by atoms with Crippen LogP contribution in [0.15, 0.2) is 48.5 Å². The van der Waals surface area contributed by atoms with Crippen molar-refractivity contribution in [3.63, 3.8) is 0 Å². The summed E-state index contributed by atoms with van der Waals surface area (Å²) in [5, 5.41) is 16.6. The molecule has 3 atom stereocenters. The topological polar surface area (TPSA) is 117 Å². The predicted molar refractivity (Wildman–Crippen MR) is 169 cm³/mol. The molecule has 0 bridgehead atoms. The van der Waals surface area contributed by atoms with Gasteiger partial charge in [0.2, 0.25) is 5.91 Å². The second-order valence-electron chi connectivity index (χ2n) is 11.7. The molecule has 232 valence electrons. The number of carbonyl (C=O) groups is 3. The Balaban J connectivity index is 2.61. The zero-order valence-corrected chi connectivity index (χ0v) is 26.9. The first-order valence-corrected chi connectivity index (χ1v) is 15.7. The van der Waals surface area contributed by atoms with E-state index in [0.717, 1.165) is 6.42 Å². The van der Waals surface area contributed by atoms with Gasteiger partial charge in [0, 0.05) is 17.3 Å². The molecule has 0 spiro atoms. The van der Waals surface area contributed by atoms with Crippen molar-refractivity contribution in [2.45, 2.75) is 84.5 Å². The average Bonchev–Trinajstić information content (AvgIpc) is 2.92. The van der Waals surface area contributed by atoms with E-state index in [1.165, 1.54) is 11.0 Å². The summed E-state index contributed by atoms with van der Waals surface area (Å²) in [6.07, 6.45) is 2.97. The van der Waals surface area contributed by atoms with Crippen LogP contribution < -0.4 is 15.4 Å². The van der Waals surface area contributed by atoms with Gasteiger partial charge >= 0.3 is 6.09 Å². The number of methoxy groups -OCH3 is 1. The van der Waals surface area contributed by atoms with E-state index in [-0.39, 0.29) is 11.3 Å². The zero-order chi connectivity index (χ0) is 31.4. The van der Waals surface area contributed by atoms with Crippen LogP contribution >= 0.6 is 11.8 Å². The number of nitrogens with one attached hydrogen (secondary N) is 2. The van der Waals surface area contributed by atoms with Crippen molar-refractivity contribution in [1.82, 2.24) is 10.2 Å². The molecule has 3 amide bonds. The van der Waals surface area contributed by atoms with E-state index in [9.17, 15) is 19.5 Å². The lowest BCUT2D eigenvalue weighted by Gasteiger charge is -2.39. The maximum absolute atomic E-state index is 14.5. The number of phenols is 1. The first-order valence-electron chi connectivity index (χ1n) is 14.3. The number of benzene rings is 2. The quantitative estimate of drug-likeness (QED) is 0.230. The molecular weight excluding hydrogens is 554 g/mol. The summed E-state index contributed by atoms with van der Waals surface area (Å²) in [6.45, 7) is 11.4. The summed E-state index contributed by atoms with van der Waals surface area (Å²) in [7, 11) is 1.56. The van der Waals surface area contributed by atoms with E-state index < -0.39 is 41.6 Å². The maximum atomic E-state index is 14.5. The minimum absolute atomic E-state index is 0.109. The first-order chi connectivity index (χ1) is 19.8. The fourth-order valence-electron chi connectivity index (χ4n) is 4.46. The highest BCUT2D eigenvalue weighted by molar-refractivity contribution is 7.98. The molecule has 2 aromatic carbocycles. The number of phenolic OH excluding ortho intramolecular Hbond substituents is 1. The lowest BCUT2D eigenvalue weighted by atomic mass is 9.96. The molecule has 0 aromatic heterocycles. The molecule has 2 rings (SSSR count). The van der Waals surface area contributed by atoms with Crippen LogP contribution in [0, 0.1) is 5.92 Å². The van der Waals surface area contributed by atoms with Gasteiger partial charge in [-0.15, -0.1) is 0 Å². The molecule has 42 heavy (non-hydrogen) atoms. The number of alkyl carbamates (subject to hydrolysis) is 1. The van der Waals surface area contributed by atoms with Crippen molar-refractivity contribution in [3.8, 4) is 11.5 Å². The molecule has 0 fully saturated rings. The number of hydrogen-bond acceptors (Lipinski definition) is 7. The highest BCUT2D eigenvalue weighted by Gasteiger charge is 2.39. The molecule has 3 unspecified atom stereocenters. The molecule has 0 aliphatic heterocycles. The van der Waals surface area contributed by atoms with Gasteiger partial charge in [-0.05, 0) is 95.2 Å². The van der Waals surface area contributed by atoms with E-state index in [2.05, 4.69) is 24.5 Å². The SMILES string of the molecule is COc1ccc(NC(=O)C(c2ccccc2O)N(C(=O)C(CCSC)NC(=O)OC(C)(C)C)C(C)CCC(C)C)cc1. The summed E-state index contributed by atoms with van der Waals surface area (Å²) in [4.78, 5) is 42.9. The summed E-state index contributed by atoms with van der Waals surface area (Å²) in [5.41, 5.74) is 0.0429. The highest BCUT2D eigenvalue weighted by atomic mass is 32.2. The number of aromatic hydroxyl groups is 1. The van der Waals surface area contributed by atoms with Crippen LogP contribution in [0.5, 0.6) is 11.5 Å². The Labute approximate surface area is 254 Å². The maximum Gasteiger partial charge on any atom is 0.408 e. The Morgan fingerprint density at radius 1 is 0.976 bits per heavy atom. The standard InChI is InChI=1S/C32H47N3O6S/c1-21(2)13-14-22(3)35(30(38)26(19-20-42-8)34-31(39)41-32(4,5)6)28(25-11-9-10-12-27(25)36)29(37)33-23-15-17-24(40-7)18-16-23/h9-12,15-18,21-22,26,28,36H,13-14,19-20H2,1-8H3,(H,33,37)(H,34,39). The monoisotopic (exact) mass is 601 g/mol. The second-order valence-corrected chi connectivity index (χ2v) is 12.7. The smallest absolute Gasteiger partial charge is 0.408 e. The molecule has 0 saturated heterocycles. The van der Waals surface area contributed by atoms with Crippen molar-refractivity contribution < 1.29 is 29.0 Å². The Morgan fingerprint density at radius 2 is 1.62 bits per heavy atom. The number of para-hydroxylation sites is 1. The summed E-state index contributed by atoms with van der Waals surface area (Å²) >= 11 is 1.55. The number of anilines is 1. The summed E-state index contributed by atoms with van der Waals surface area (Å²) in [5.74, 6) is 0.570. The van der Waals surface area contributed by atoms with Crippen LogP contribution in [-0.4, -0.2) is 64.7 Å². The minimum Gasteiger partial charge on any atom is -0.508 e. The number of hydrogen-bond donors (Lipinski definition) is 3. The number of thioether (sulfide) groups is 1. The molecule has 10 heteroatoms. The van der Waals surface area contributed by atoms with Gasteiger partial charge in [0.05, 0.1) is 7.11 Å². The van der Waals surface area contributed by atoms with Gasteiger partial charge in [-0.25, -0.2) is 4.79 Å². The van der Waals surface area contributed by atoms with Crippen LogP contribution in [0.25, 0.3) is 0 Å². The number of rotatable bonds is 14. The van der Waals surface area contributed by atoms with Gasteiger partial charge in [-0.1, -0.05) is 32.0 Å². The van der Waals surface area contributed by atoms with E-state index in [0.29, 0.717) is 35.9 Å². The van der Waals surface area contributed by atoms with Crippen LogP contribution in [0.3, 0.4) is 0 Å². The Morgan fingerprint density at radius 3 is 2.17 bits per heavy atom. The third-order valence-electron chi connectivity index (χ3n) is 6.61. The molecule has 0 radical (unpaired) electrons. The third kappa shape index (κ3) is 10.8. The third-order valence-corrected chi connectivity index (χ3v) is 7.25. The first kappa shape index (κ1) is 34.8. The predicted octanol–water partition coefficient (Wildman–Crippen LogP) is 6.38. The average molecular weight is 602 g/mol. The second kappa shape index (κ2) is 16.3. The van der Waals surface area contributed by atoms with E-state index in [4.69, 9.17) is 9.47 Å². The van der Waals surface area contributed by atoms with Gasteiger partial charge in [-0.3, -0.25) is 9.59 Å². The van der Waals surface area contributed by atoms with Crippen molar-refractivity contribution in [3.05, 3.63) is 54.1 Å². The number of amides is 3. The van der Waals surface area contributed by atoms with Crippen LogP contribution in [0.4, 0.5) is 10.5 Å². The minimum atomic E-state index is -1.18. The highest BCUT2D eigenvalue weighted by Crippen LogP contribution is 2.34. The molecule has 0 aliphatic carbocycles. The molecular formula is C32H47N3O6S. The van der Waals surface area contributed by atoms with Gasteiger partial charge in [0.1, 0.15) is 29.2 Å². The lowest BCUT2D eigenvalue weighted by molar-refractivity contribution is -0.143. The lowest BCUT2D eigenvalue weighted by Crippen LogP contribution is -2.55. The largest absolute Gasteiger partial charge is 0.508 e. The van der Waals surface area contributed by atoms with Crippen LogP contribution in [-0.2, 0) is 14.3 Å². The Hall–Kier alpha value is -3.40. The number of ether oxygens (including phenoxy) is 2. The summed E-state index contributed by atoms with van der Waals surface area (Å²) < 4.78 is 10.7. The van der Waals surface area contributed by atoms with Crippen molar-refractivity contribution in [2.75, 3.05) is 24.4 Å². The molecule has 9 nitrogen and oxygen atoms in total. The van der Waals surface area contributed by atoms with Gasteiger partial charge in [0.15, 0.2) is 0 Å². The van der Waals surface area contributed by atoms with E-state index in [1.807, 2.05) is 13.2 Å². The molecule has 0 saturated carbocycles.